The van der Waals surface area contributed by atoms with Crippen LogP contribution in [0.1, 0.15) is 96.8 Å². The maximum absolute atomic E-state index is 10.7. The topological polar surface area (TPSA) is 155 Å². The van der Waals surface area contributed by atoms with E-state index in [2.05, 4.69) is 55.4 Å². The molecule has 0 saturated heterocycles. The fourth-order valence-electron chi connectivity index (χ4n) is 5.60. The van der Waals surface area contributed by atoms with Gasteiger partial charge < -0.3 is 39.0 Å². The fourth-order valence-corrected chi connectivity index (χ4v) is 7.24. The standard InChI is InChI=1S/2C14H10O4S.2C8H20N/c2*15-13(16)9-1-5-11(6-2-9)19-12-7-3-10(4-8-12)14(17)18;2*1-5-9(6-2,7-3)8-4/h2*1-8H,(H,15,16)(H,17,18);2*5-8H2,1-4H3/q;;2*+1/p-2. The largest absolute Gasteiger partial charge is 0.545 e. The molecule has 10 nitrogen and oxygen atoms in total. The lowest BCUT2D eigenvalue weighted by molar-refractivity contribution is -0.921. The average Bonchev–Trinajstić information content (AvgIpc) is 3.22. The van der Waals surface area contributed by atoms with E-state index in [-0.39, 0.29) is 22.3 Å². The van der Waals surface area contributed by atoms with Crippen LogP contribution in [0.4, 0.5) is 0 Å². The first kappa shape index (κ1) is 49.4. The van der Waals surface area contributed by atoms with Crippen LogP contribution in [0.15, 0.2) is 117 Å². The van der Waals surface area contributed by atoms with Crippen LogP contribution in [-0.4, -0.2) is 95.4 Å². The number of quaternary nitrogens is 2. The van der Waals surface area contributed by atoms with Gasteiger partial charge in [-0.05, 0) is 139 Å². The van der Waals surface area contributed by atoms with E-state index < -0.39 is 23.9 Å². The minimum Gasteiger partial charge on any atom is -0.545 e. The number of benzene rings is 4. The average molecular weight is 807 g/mol. The molecule has 0 radical (unpaired) electrons. The zero-order chi connectivity index (χ0) is 42.3. The Balaban J connectivity index is 0.000000398. The van der Waals surface area contributed by atoms with Crippen LogP contribution in [0.5, 0.6) is 0 Å². The van der Waals surface area contributed by atoms with E-state index in [0.717, 1.165) is 19.6 Å². The van der Waals surface area contributed by atoms with Crippen LogP contribution in [0.3, 0.4) is 0 Å². The normalized spacial score (nSPS) is 10.7. The smallest absolute Gasteiger partial charge is 0.335 e. The summed E-state index contributed by atoms with van der Waals surface area (Å²) in [6.07, 6.45) is 0. The van der Waals surface area contributed by atoms with Crippen LogP contribution >= 0.6 is 23.5 Å². The number of carbonyl (C=O) groups excluding carboxylic acids is 2. The minimum absolute atomic E-state index is 0.122. The van der Waals surface area contributed by atoms with Crippen molar-refractivity contribution in [1.82, 2.24) is 0 Å². The lowest BCUT2D eigenvalue weighted by atomic mass is 10.2. The second-order valence-corrected chi connectivity index (χ2v) is 15.0. The Bertz CT molecular complexity index is 1490. The molecule has 0 heterocycles. The number of aromatic carboxylic acids is 4. The van der Waals surface area contributed by atoms with Crippen LogP contribution in [-0.2, 0) is 0 Å². The van der Waals surface area contributed by atoms with Gasteiger partial charge in [-0.3, -0.25) is 0 Å². The molecule has 4 aromatic carbocycles. The summed E-state index contributed by atoms with van der Waals surface area (Å²) in [5.41, 5.74) is 0.726. The van der Waals surface area contributed by atoms with Crippen molar-refractivity contribution >= 4 is 47.4 Å². The van der Waals surface area contributed by atoms with Crippen molar-refractivity contribution in [3.8, 4) is 0 Å². The molecule has 0 saturated carbocycles. The number of carbonyl (C=O) groups is 4. The zero-order valence-electron chi connectivity index (χ0n) is 33.9. The lowest BCUT2D eigenvalue weighted by Gasteiger charge is -2.34. The first-order valence-electron chi connectivity index (χ1n) is 19.0. The number of rotatable bonds is 16. The van der Waals surface area contributed by atoms with Gasteiger partial charge in [-0.15, -0.1) is 0 Å². The number of carboxylic acid groups (broad SMARTS) is 4. The van der Waals surface area contributed by atoms with Crippen LogP contribution < -0.4 is 10.2 Å². The predicted molar refractivity (Wildman–Crippen MR) is 221 cm³/mol. The Morgan fingerprint density at radius 1 is 0.393 bits per heavy atom. The lowest BCUT2D eigenvalue weighted by Crippen LogP contribution is -2.47. The fraction of sp³-hybridized carbons (Fsp3) is 0.364. The SMILES string of the molecule is CC[N+](CC)(CC)CC.CC[N+](CC)(CC)CC.O=C(O)c1ccc(Sc2ccc(C(=O)O)cc2)cc1.O=C([O-])c1ccc(Sc2ccc(C(=O)[O-])cc2)cc1. The highest BCUT2D eigenvalue weighted by Crippen LogP contribution is 2.29. The molecule has 0 aliphatic carbocycles. The Kier molecular flexibility index (Phi) is 22.5. The van der Waals surface area contributed by atoms with Crippen molar-refractivity contribution < 1.29 is 48.6 Å². The zero-order valence-corrected chi connectivity index (χ0v) is 35.6. The van der Waals surface area contributed by atoms with Gasteiger partial charge in [0.15, 0.2) is 0 Å². The number of hydrogen-bond acceptors (Lipinski definition) is 8. The summed E-state index contributed by atoms with van der Waals surface area (Å²) in [6.45, 7) is 28.4. The molecule has 0 aromatic heterocycles. The molecule has 0 aliphatic heterocycles. The Labute approximate surface area is 341 Å². The van der Waals surface area contributed by atoms with E-state index in [4.69, 9.17) is 10.2 Å². The molecule has 0 spiro atoms. The molecule has 0 atom stereocenters. The summed E-state index contributed by atoms with van der Waals surface area (Å²) in [6, 6.07) is 25.6. The molecular formula is C44H58N2O8S2. The summed E-state index contributed by atoms with van der Waals surface area (Å²) >= 11 is 2.84. The van der Waals surface area contributed by atoms with Crippen LogP contribution in [0.25, 0.3) is 0 Å². The molecule has 2 N–H and O–H groups in total. The molecule has 12 heteroatoms. The number of hydrogen-bond donors (Lipinski definition) is 2. The predicted octanol–water partition coefficient (Wildman–Crippen LogP) is 7.56. The third-order valence-corrected chi connectivity index (χ3v) is 12.3. The summed E-state index contributed by atoms with van der Waals surface area (Å²) in [7, 11) is 0. The van der Waals surface area contributed by atoms with E-state index in [0.29, 0.717) is 0 Å². The van der Waals surface area contributed by atoms with Gasteiger partial charge in [-0.2, -0.15) is 0 Å². The molecule has 4 rings (SSSR count). The van der Waals surface area contributed by atoms with E-state index in [1.54, 1.807) is 48.5 Å². The Hall–Kier alpha value is -4.62. The number of carboxylic acids is 4. The van der Waals surface area contributed by atoms with E-state index >= 15 is 0 Å². The van der Waals surface area contributed by atoms with Gasteiger partial charge in [0.05, 0.1) is 75.4 Å². The highest BCUT2D eigenvalue weighted by molar-refractivity contribution is 7.99. The first-order chi connectivity index (χ1) is 26.6. The van der Waals surface area contributed by atoms with Crippen molar-refractivity contribution in [2.75, 3.05) is 52.4 Å². The summed E-state index contributed by atoms with van der Waals surface area (Å²) in [5, 5.41) is 38.8. The molecule has 0 unspecified atom stereocenters. The molecule has 4 aromatic rings. The second-order valence-electron chi connectivity index (χ2n) is 12.7. The van der Waals surface area contributed by atoms with E-state index in [1.807, 2.05) is 0 Å². The Morgan fingerprint density at radius 3 is 0.696 bits per heavy atom. The summed E-state index contributed by atoms with van der Waals surface area (Å²) in [5.74, 6) is -4.34. The van der Waals surface area contributed by atoms with Gasteiger partial charge in [-0.1, -0.05) is 47.8 Å². The molecule has 0 fully saturated rings. The first-order valence-corrected chi connectivity index (χ1v) is 20.6. The molecule has 0 aliphatic rings. The molecule has 0 amide bonds. The monoisotopic (exact) mass is 806 g/mol. The van der Waals surface area contributed by atoms with Gasteiger partial charge in [0, 0.05) is 19.6 Å². The van der Waals surface area contributed by atoms with Gasteiger partial charge in [0.2, 0.25) is 0 Å². The highest BCUT2D eigenvalue weighted by Gasteiger charge is 2.17. The third-order valence-electron chi connectivity index (χ3n) is 10.2. The Morgan fingerprint density at radius 2 is 0.571 bits per heavy atom. The van der Waals surface area contributed by atoms with Crippen molar-refractivity contribution in [2.45, 2.75) is 75.0 Å². The van der Waals surface area contributed by atoms with Gasteiger partial charge >= 0.3 is 11.9 Å². The highest BCUT2D eigenvalue weighted by atomic mass is 32.2. The van der Waals surface area contributed by atoms with Crippen molar-refractivity contribution in [1.29, 1.82) is 0 Å². The van der Waals surface area contributed by atoms with Crippen molar-refractivity contribution in [3.05, 3.63) is 119 Å². The third kappa shape index (κ3) is 16.6. The summed E-state index contributed by atoms with van der Waals surface area (Å²) < 4.78 is 2.56. The maximum Gasteiger partial charge on any atom is 0.335 e. The summed E-state index contributed by atoms with van der Waals surface area (Å²) in [4.78, 5) is 46.1. The number of nitrogens with zero attached hydrogens (tertiary/aromatic N) is 2. The quantitative estimate of drug-likeness (QED) is 0.108. The van der Waals surface area contributed by atoms with Crippen molar-refractivity contribution in [3.63, 3.8) is 0 Å². The van der Waals surface area contributed by atoms with Crippen LogP contribution in [0.2, 0.25) is 0 Å². The minimum atomic E-state index is -1.21. The molecule has 0 bridgehead atoms. The molecule has 304 valence electrons. The van der Waals surface area contributed by atoms with E-state index in [9.17, 15) is 29.4 Å². The van der Waals surface area contributed by atoms with Gasteiger partial charge in [0.1, 0.15) is 0 Å². The van der Waals surface area contributed by atoms with Crippen LogP contribution in [0, 0.1) is 0 Å². The molecular weight excluding hydrogens is 749 g/mol. The second kappa shape index (κ2) is 25.5. The van der Waals surface area contributed by atoms with Gasteiger partial charge in [-0.25, -0.2) is 9.59 Å². The maximum atomic E-state index is 10.7. The van der Waals surface area contributed by atoms with Gasteiger partial charge in [0.25, 0.3) is 0 Å². The molecule has 56 heavy (non-hydrogen) atoms. The van der Waals surface area contributed by atoms with Crippen molar-refractivity contribution in [2.24, 2.45) is 0 Å². The van der Waals surface area contributed by atoms with E-state index in [1.165, 1.54) is 133 Å².